The van der Waals surface area contributed by atoms with Gasteiger partial charge in [-0.2, -0.15) is 14.5 Å². The first kappa shape index (κ1) is 10.2. The van der Waals surface area contributed by atoms with Crippen molar-refractivity contribution in [2.45, 2.75) is 32.4 Å². The molecule has 0 bridgehead atoms. The van der Waals surface area contributed by atoms with Crippen molar-refractivity contribution in [3.05, 3.63) is 27.9 Å². The molecule has 1 saturated carbocycles. The molecule has 1 aliphatic rings. The van der Waals surface area contributed by atoms with E-state index in [0.717, 1.165) is 24.1 Å². The van der Waals surface area contributed by atoms with Gasteiger partial charge in [0.2, 0.25) is 0 Å². The zero-order chi connectivity index (χ0) is 12.0. The molecule has 90 valence electrons. The Morgan fingerprint density at radius 2 is 2.18 bits per heavy atom. The van der Waals surface area contributed by atoms with Gasteiger partial charge in [0, 0.05) is 7.05 Å². The van der Waals surface area contributed by atoms with Gasteiger partial charge in [-0.3, -0.25) is 4.68 Å². The molecule has 7 nitrogen and oxygen atoms in total. The summed E-state index contributed by atoms with van der Waals surface area (Å²) in [6.45, 7) is 2.40. The zero-order valence-corrected chi connectivity index (χ0v) is 9.87. The Hall–Kier alpha value is -1.92. The van der Waals surface area contributed by atoms with Crippen LogP contribution in [0.25, 0.3) is 0 Å². The first-order valence-corrected chi connectivity index (χ1v) is 5.66. The Kier molecular flexibility index (Phi) is 2.13. The SMILES string of the molecule is Cc1cnn(C)c1Cn1nnn(C2CC2)c1=O. The predicted octanol–water partition coefficient (Wildman–Crippen LogP) is -0.135. The van der Waals surface area contributed by atoms with Gasteiger partial charge in [-0.1, -0.05) is 0 Å². The Morgan fingerprint density at radius 1 is 1.41 bits per heavy atom. The number of hydrogen-bond donors (Lipinski definition) is 0. The summed E-state index contributed by atoms with van der Waals surface area (Å²) in [6.07, 6.45) is 3.85. The molecule has 0 amide bonds. The Bertz CT molecular complexity index is 583. The number of nitrogens with zero attached hydrogens (tertiary/aromatic N) is 6. The fraction of sp³-hybridized carbons (Fsp3) is 0.600. The maximum absolute atomic E-state index is 12.0. The minimum atomic E-state index is -0.131. The minimum absolute atomic E-state index is 0.131. The van der Waals surface area contributed by atoms with Gasteiger partial charge in [-0.15, -0.1) is 0 Å². The molecule has 1 fully saturated rings. The van der Waals surface area contributed by atoms with Gasteiger partial charge in [-0.05, 0) is 35.8 Å². The lowest BCUT2D eigenvalue weighted by molar-refractivity contribution is 0.585. The van der Waals surface area contributed by atoms with Crippen LogP contribution in [0.2, 0.25) is 0 Å². The molecule has 0 aromatic carbocycles. The number of rotatable bonds is 3. The van der Waals surface area contributed by atoms with Crippen LogP contribution in [0.15, 0.2) is 11.0 Å². The monoisotopic (exact) mass is 234 g/mol. The highest BCUT2D eigenvalue weighted by atomic mass is 16.2. The van der Waals surface area contributed by atoms with Gasteiger partial charge >= 0.3 is 5.69 Å². The van der Waals surface area contributed by atoms with E-state index in [9.17, 15) is 4.79 Å². The zero-order valence-electron chi connectivity index (χ0n) is 9.87. The molecule has 0 unspecified atom stereocenters. The van der Waals surface area contributed by atoms with Crippen molar-refractivity contribution in [1.29, 1.82) is 0 Å². The van der Waals surface area contributed by atoms with E-state index in [1.807, 2.05) is 14.0 Å². The number of hydrogen-bond acceptors (Lipinski definition) is 4. The molecule has 0 atom stereocenters. The Balaban J connectivity index is 1.93. The van der Waals surface area contributed by atoms with Crippen molar-refractivity contribution in [2.24, 2.45) is 7.05 Å². The summed E-state index contributed by atoms with van der Waals surface area (Å²) in [6, 6.07) is 0.267. The van der Waals surface area contributed by atoms with Crippen LogP contribution >= 0.6 is 0 Å². The Morgan fingerprint density at radius 3 is 2.76 bits per heavy atom. The normalized spacial score (nSPS) is 15.4. The molecule has 2 aromatic heterocycles. The number of aromatic nitrogens is 6. The largest absolute Gasteiger partial charge is 0.364 e. The third kappa shape index (κ3) is 1.67. The number of aryl methyl sites for hydroxylation is 2. The molecule has 7 heteroatoms. The molecular formula is C10H14N6O. The maximum Gasteiger partial charge on any atom is 0.364 e. The van der Waals surface area contributed by atoms with Crippen molar-refractivity contribution in [1.82, 2.24) is 29.6 Å². The van der Waals surface area contributed by atoms with Gasteiger partial charge in [0.15, 0.2) is 0 Å². The lowest BCUT2D eigenvalue weighted by atomic mass is 10.3. The van der Waals surface area contributed by atoms with Gasteiger partial charge in [-0.25, -0.2) is 4.79 Å². The summed E-state index contributed by atoms with van der Waals surface area (Å²) in [5.41, 5.74) is 1.91. The first-order valence-electron chi connectivity index (χ1n) is 5.66. The molecule has 2 heterocycles. The third-order valence-electron chi connectivity index (χ3n) is 3.12. The van der Waals surface area contributed by atoms with Crippen molar-refractivity contribution in [2.75, 3.05) is 0 Å². The van der Waals surface area contributed by atoms with Crippen molar-refractivity contribution in [3.8, 4) is 0 Å². The second-order valence-corrected chi connectivity index (χ2v) is 4.49. The summed E-state index contributed by atoms with van der Waals surface area (Å²) >= 11 is 0. The van der Waals surface area contributed by atoms with Crippen LogP contribution in [0.5, 0.6) is 0 Å². The summed E-state index contributed by atoms with van der Waals surface area (Å²) < 4.78 is 4.63. The smallest absolute Gasteiger partial charge is 0.270 e. The third-order valence-corrected chi connectivity index (χ3v) is 3.12. The predicted molar refractivity (Wildman–Crippen MR) is 59.6 cm³/mol. The van der Waals surface area contributed by atoms with E-state index in [4.69, 9.17) is 0 Å². The number of tetrazole rings is 1. The molecule has 0 aliphatic heterocycles. The van der Waals surface area contributed by atoms with Gasteiger partial charge in [0.05, 0.1) is 24.5 Å². The van der Waals surface area contributed by atoms with Crippen LogP contribution < -0.4 is 5.69 Å². The average molecular weight is 234 g/mol. The molecule has 0 radical (unpaired) electrons. The van der Waals surface area contributed by atoms with E-state index in [2.05, 4.69) is 15.5 Å². The quantitative estimate of drug-likeness (QED) is 0.741. The lowest BCUT2D eigenvalue weighted by Gasteiger charge is -2.01. The van der Waals surface area contributed by atoms with Crippen LogP contribution in [0.3, 0.4) is 0 Å². The Labute approximate surface area is 97.6 Å². The van der Waals surface area contributed by atoms with Crippen LogP contribution in [-0.4, -0.2) is 29.6 Å². The second-order valence-electron chi connectivity index (χ2n) is 4.49. The molecule has 0 N–H and O–H groups in total. The van der Waals surface area contributed by atoms with Crippen LogP contribution in [0, 0.1) is 6.92 Å². The summed E-state index contributed by atoms with van der Waals surface area (Å²) in [5, 5.41) is 12.0. The maximum atomic E-state index is 12.0. The van der Waals surface area contributed by atoms with Crippen molar-refractivity contribution < 1.29 is 0 Å². The van der Waals surface area contributed by atoms with E-state index in [-0.39, 0.29) is 11.7 Å². The van der Waals surface area contributed by atoms with Crippen LogP contribution in [0.1, 0.15) is 30.1 Å². The molecule has 1 aliphatic carbocycles. The topological polar surface area (TPSA) is 70.5 Å². The van der Waals surface area contributed by atoms with E-state index in [1.165, 1.54) is 9.36 Å². The fourth-order valence-electron chi connectivity index (χ4n) is 1.88. The highest BCUT2D eigenvalue weighted by Gasteiger charge is 2.28. The van der Waals surface area contributed by atoms with E-state index >= 15 is 0 Å². The lowest BCUT2D eigenvalue weighted by Crippen LogP contribution is -2.26. The molecular weight excluding hydrogens is 220 g/mol. The highest BCUT2D eigenvalue weighted by Crippen LogP contribution is 2.32. The standard InChI is InChI=1S/C10H14N6O/c1-7-5-11-14(2)9(7)6-15-10(17)16(13-12-15)8-3-4-8/h5,8H,3-4,6H2,1-2H3. The average Bonchev–Trinajstić information content (AvgIpc) is 3.02. The molecule has 0 saturated heterocycles. The second kappa shape index (κ2) is 3.54. The minimum Gasteiger partial charge on any atom is -0.270 e. The van der Waals surface area contributed by atoms with Gasteiger partial charge in [0.25, 0.3) is 0 Å². The van der Waals surface area contributed by atoms with E-state index < -0.39 is 0 Å². The van der Waals surface area contributed by atoms with Crippen molar-refractivity contribution in [3.63, 3.8) is 0 Å². The fourth-order valence-corrected chi connectivity index (χ4v) is 1.88. The summed E-state index contributed by atoms with van der Waals surface area (Å²) in [7, 11) is 1.86. The molecule has 0 spiro atoms. The van der Waals surface area contributed by atoms with Crippen molar-refractivity contribution >= 4 is 0 Å². The molecule has 17 heavy (non-hydrogen) atoms. The van der Waals surface area contributed by atoms with Gasteiger partial charge in [0.1, 0.15) is 0 Å². The molecule has 2 aromatic rings. The van der Waals surface area contributed by atoms with Gasteiger partial charge < -0.3 is 0 Å². The first-order chi connectivity index (χ1) is 8.16. The van der Waals surface area contributed by atoms with E-state index in [0.29, 0.717) is 6.54 Å². The summed E-state index contributed by atoms with van der Waals surface area (Å²) in [5.74, 6) is 0. The van der Waals surface area contributed by atoms with E-state index in [1.54, 1.807) is 10.9 Å². The molecule has 3 rings (SSSR count). The van der Waals surface area contributed by atoms with Crippen LogP contribution in [-0.2, 0) is 13.6 Å². The highest BCUT2D eigenvalue weighted by molar-refractivity contribution is 5.15. The summed E-state index contributed by atoms with van der Waals surface area (Å²) in [4.78, 5) is 12.0. The van der Waals surface area contributed by atoms with Crippen LogP contribution in [0.4, 0.5) is 0 Å².